The highest BCUT2D eigenvalue weighted by Crippen LogP contribution is 2.36. The molecule has 0 unspecified atom stereocenters. The third-order valence-corrected chi connectivity index (χ3v) is 6.10. The number of hydrogen-bond acceptors (Lipinski definition) is 4. The first kappa shape index (κ1) is 23.7. The highest BCUT2D eigenvalue weighted by atomic mass is 79.9. The summed E-state index contributed by atoms with van der Waals surface area (Å²) in [6.45, 7) is 4.23. The fourth-order valence-electron chi connectivity index (χ4n) is 3.39. The molecule has 3 aromatic rings. The van der Waals surface area contributed by atoms with Gasteiger partial charge in [0, 0.05) is 0 Å². The van der Waals surface area contributed by atoms with Crippen molar-refractivity contribution in [3.05, 3.63) is 98.0 Å². The summed E-state index contributed by atoms with van der Waals surface area (Å²) in [4.78, 5) is 38.8. The molecule has 172 valence electrons. The zero-order chi connectivity index (χ0) is 24.4. The number of nitrogens with zero attached hydrogens (tertiary/aromatic N) is 1. The molecule has 1 heterocycles. The molecular formula is C26H20BrClN2O4. The summed E-state index contributed by atoms with van der Waals surface area (Å²) >= 11 is 9.90. The number of halogens is 2. The molecule has 0 atom stereocenters. The van der Waals surface area contributed by atoms with E-state index in [2.05, 4.69) is 21.2 Å². The lowest BCUT2D eigenvalue weighted by atomic mass is 10.1. The Kier molecular flexibility index (Phi) is 6.86. The molecular weight excluding hydrogens is 520 g/mol. The van der Waals surface area contributed by atoms with Crippen LogP contribution in [0.2, 0.25) is 5.02 Å². The number of carbonyl (C=O) groups is 3. The maximum absolute atomic E-state index is 13.1. The second kappa shape index (κ2) is 9.83. The molecule has 1 aliphatic rings. The zero-order valence-corrected chi connectivity index (χ0v) is 20.7. The van der Waals surface area contributed by atoms with Gasteiger partial charge in [-0.2, -0.15) is 0 Å². The first-order valence-electron chi connectivity index (χ1n) is 10.4. The van der Waals surface area contributed by atoms with Gasteiger partial charge in [-0.3, -0.25) is 14.9 Å². The molecule has 1 fully saturated rings. The SMILES string of the molecule is Cc1ccc(COc2c(Cl)cc(/C=C3\C(=O)NC(=O)N(c4ccc(C)cc4)C3=O)cc2Br)cc1. The van der Waals surface area contributed by atoms with E-state index in [-0.39, 0.29) is 5.57 Å². The number of urea groups is 1. The van der Waals surface area contributed by atoms with Gasteiger partial charge in [0.1, 0.15) is 12.2 Å². The number of carbonyl (C=O) groups excluding carboxylic acids is 3. The highest BCUT2D eigenvalue weighted by molar-refractivity contribution is 9.10. The molecule has 0 radical (unpaired) electrons. The maximum atomic E-state index is 13.1. The molecule has 3 aromatic carbocycles. The lowest BCUT2D eigenvalue weighted by Gasteiger charge is -2.26. The van der Waals surface area contributed by atoms with Crippen LogP contribution in [0.15, 0.2) is 70.7 Å². The van der Waals surface area contributed by atoms with Crippen LogP contribution in [0.5, 0.6) is 5.75 Å². The van der Waals surface area contributed by atoms with Crippen molar-refractivity contribution in [2.75, 3.05) is 4.90 Å². The Labute approximate surface area is 210 Å². The van der Waals surface area contributed by atoms with Crippen molar-refractivity contribution >= 4 is 57.1 Å². The number of hydrogen-bond donors (Lipinski definition) is 1. The van der Waals surface area contributed by atoms with Crippen LogP contribution in [0.4, 0.5) is 10.5 Å². The third-order valence-electron chi connectivity index (χ3n) is 5.23. The highest BCUT2D eigenvalue weighted by Gasteiger charge is 2.36. The molecule has 34 heavy (non-hydrogen) atoms. The number of barbiturate groups is 1. The van der Waals surface area contributed by atoms with Gasteiger partial charge in [0.25, 0.3) is 11.8 Å². The number of anilines is 1. The second-order valence-corrected chi connectivity index (χ2v) is 9.14. The normalized spacial score (nSPS) is 15.0. The summed E-state index contributed by atoms with van der Waals surface area (Å²) in [5, 5.41) is 2.52. The molecule has 1 aliphatic heterocycles. The van der Waals surface area contributed by atoms with Crippen LogP contribution in [0, 0.1) is 13.8 Å². The second-order valence-electron chi connectivity index (χ2n) is 7.88. The van der Waals surface area contributed by atoms with Gasteiger partial charge in [-0.1, -0.05) is 59.1 Å². The van der Waals surface area contributed by atoms with Crippen molar-refractivity contribution in [3.63, 3.8) is 0 Å². The van der Waals surface area contributed by atoms with Crippen LogP contribution in [0.25, 0.3) is 6.08 Å². The minimum absolute atomic E-state index is 0.184. The van der Waals surface area contributed by atoms with E-state index in [1.807, 2.05) is 38.1 Å². The molecule has 0 spiro atoms. The summed E-state index contributed by atoms with van der Waals surface area (Å²) in [5.41, 5.74) is 3.80. The van der Waals surface area contributed by atoms with E-state index in [0.717, 1.165) is 21.6 Å². The van der Waals surface area contributed by atoms with Gasteiger partial charge in [0.05, 0.1) is 15.2 Å². The lowest BCUT2D eigenvalue weighted by Crippen LogP contribution is -2.54. The number of ether oxygens (including phenoxy) is 1. The number of aryl methyl sites for hydroxylation is 2. The van der Waals surface area contributed by atoms with E-state index < -0.39 is 17.8 Å². The first-order valence-corrected chi connectivity index (χ1v) is 11.6. The van der Waals surface area contributed by atoms with Gasteiger partial charge in [-0.15, -0.1) is 0 Å². The average Bonchev–Trinajstić information content (AvgIpc) is 2.78. The third kappa shape index (κ3) is 5.05. The Hall–Kier alpha value is -3.42. The van der Waals surface area contributed by atoms with Crippen LogP contribution in [0.1, 0.15) is 22.3 Å². The zero-order valence-electron chi connectivity index (χ0n) is 18.4. The van der Waals surface area contributed by atoms with Crippen LogP contribution in [-0.2, 0) is 16.2 Å². The van der Waals surface area contributed by atoms with Gasteiger partial charge in [-0.25, -0.2) is 9.69 Å². The van der Waals surface area contributed by atoms with E-state index in [1.54, 1.807) is 36.4 Å². The van der Waals surface area contributed by atoms with E-state index >= 15 is 0 Å². The molecule has 1 N–H and O–H groups in total. The van der Waals surface area contributed by atoms with Gasteiger partial charge < -0.3 is 4.74 Å². The molecule has 4 rings (SSSR count). The standard InChI is InChI=1S/C26H20BrClN2O4/c1-15-3-7-17(8-4-15)14-34-23-21(27)12-18(13-22(23)28)11-20-24(31)29-26(33)30(25(20)32)19-9-5-16(2)6-10-19/h3-13H,14H2,1-2H3,(H,29,31,33)/b20-11+. The van der Waals surface area contributed by atoms with Crippen molar-refractivity contribution in [3.8, 4) is 5.75 Å². The molecule has 0 aromatic heterocycles. The molecule has 1 saturated heterocycles. The van der Waals surface area contributed by atoms with Gasteiger partial charge in [0.2, 0.25) is 0 Å². The predicted octanol–water partition coefficient (Wildman–Crippen LogP) is 5.96. The van der Waals surface area contributed by atoms with E-state index in [0.29, 0.717) is 33.1 Å². The van der Waals surface area contributed by atoms with Crippen molar-refractivity contribution < 1.29 is 19.1 Å². The Balaban J connectivity index is 1.60. The first-order chi connectivity index (χ1) is 16.2. The Morgan fingerprint density at radius 2 is 1.59 bits per heavy atom. The fourth-order valence-corrected chi connectivity index (χ4v) is 4.38. The smallest absolute Gasteiger partial charge is 0.335 e. The summed E-state index contributed by atoms with van der Waals surface area (Å²) in [6.07, 6.45) is 1.39. The number of rotatable bonds is 5. The minimum atomic E-state index is -0.796. The lowest BCUT2D eigenvalue weighted by molar-refractivity contribution is -0.122. The van der Waals surface area contributed by atoms with Crippen molar-refractivity contribution in [2.45, 2.75) is 20.5 Å². The minimum Gasteiger partial charge on any atom is -0.486 e. The van der Waals surface area contributed by atoms with E-state index in [4.69, 9.17) is 16.3 Å². The largest absolute Gasteiger partial charge is 0.486 e. The van der Waals surface area contributed by atoms with Gasteiger partial charge in [-0.05, 0) is 71.2 Å². The summed E-state index contributed by atoms with van der Waals surface area (Å²) in [6, 6.07) is 17.3. The van der Waals surface area contributed by atoms with Crippen LogP contribution >= 0.6 is 27.5 Å². The summed E-state index contributed by atoms with van der Waals surface area (Å²) in [7, 11) is 0. The van der Waals surface area contributed by atoms with E-state index in [9.17, 15) is 14.4 Å². The number of amides is 4. The molecule has 4 amide bonds. The van der Waals surface area contributed by atoms with Gasteiger partial charge >= 0.3 is 6.03 Å². The number of nitrogens with one attached hydrogen (secondary N) is 1. The molecule has 0 saturated carbocycles. The molecule has 0 bridgehead atoms. The number of benzene rings is 3. The fraction of sp³-hybridized carbons (Fsp3) is 0.115. The maximum Gasteiger partial charge on any atom is 0.335 e. The van der Waals surface area contributed by atoms with Crippen LogP contribution in [-0.4, -0.2) is 17.8 Å². The van der Waals surface area contributed by atoms with Crippen LogP contribution in [0.3, 0.4) is 0 Å². The molecule has 6 nitrogen and oxygen atoms in total. The monoisotopic (exact) mass is 538 g/mol. The number of imide groups is 2. The van der Waals surface area contributed by atoms with Crippen molar-refractivity contribution in [1.29, 1.82) is 0 Å². The Morgan fingerprint density at radius 3 is 2.21 bits per heavy atom. The quantitative estimate of drug-likeness (QED) is 0.320. The Morgan fingerprint density at radius 1 is 0.971 bits per heavy atom. The summed E-state index contributed by atoms with van der Waals surface area (Å²) < 4.78 is 6.44. The van der Waals surface area contributed by atoms with Crippen LogP contribution < -0.4 is 15.0 Å². The molecule has 8 heteroatoms. The predicted molar refractivity (Wildman–Crippen MR) is 135 cm³/mol. The van der Waals surface area contributed by atoms with Gasteiger partial charge in [0.15, 0.2) is 5.75 Å². The Bertz CT molecular complexity index is 1290. The molecule has 0 aliphatic carbocycles. The van der Waals surface area contributed by atoms with E-state index in [1.165, 1.54) is 6.08 Å². The summed E-state index contributed by atoms with van der Waals surface area (Å²) in [5.74, 6) is -1.05. The van der Waals surface area contributed by atoms with Crippen molar-refractivity contribution in [2.24, 2.45) is 0 Å². The topological polar surface area (TPSA) is 75.7 Å². The van der Waals surface area contributed by atoms with Crippen molar-refractivity contribution in [1.82, 2.24) is 5.32 Å². The average molecular weight is 540 g/mol.